The Bertz CT molecular complexity index is 340. The molecule has 0 saturated carbocycles. The minimum atomic E-state index is 0.514. The molecule has 88 valence electrons. The third-order valence-electron chi connectivity index (χ3n) is 2.37. The number of amidine groups is 1. The second-order valence-corrected chi connectivity index (χ2v) is 5.42. The number of aromatic nitrogens is 2. The van der Waals surface area contributed by atoms with Crippen LogP contribution in [0.3, 0.4) is 0 Å². The van der Waals surface area contributed by atoms with E-state index in [1.807, 2.05) is 0 Å². The molecule has 1 aliphatic rings. The summed E-state index contributed by atoms with van der Waals surface area (Å²) in [5.74, 6) is 0.714. The Morgan fingerprint density at radius 3 is 3.19 bits per heavy atom. The highest BCUT2D eigenvalue weighted by Gasteiger charge is 2.19. The van der Waals surface area contributed by atoms with Crippen molar-refractivity contribution in [2.45, 2.75) is 38.0 Å². The molecule has 16 heavy (non-hydrogen) atoms. The van der Waals surface area contributed by atoms with E-state index in [9.17, 15) is 0 Å². The minimum absolute atomic E-state index is 0.514. The molecular formula is C10H16N4OS. The lowest BCUT2D eigenvalue weighted by atomic mass is 10.2. The summed E-state index contributed by atoms with van der Waals surface area (Å²) < 4.78 is 4.66. The van der Waals surface area contributed by atoms with Gasteiger partial charge in [0.25, 0.3) is 0 Å². The van der Waals surface area contributed by atoms with E-state index in [2.05, 4.69) is 38.8 Å². The van der Waals surface area contributed by atoms with Gasteiger partial charge < -0.3 is 9.84 Å². The highest BCUT2D eigenvalue weighted by atomic mass is 32.2. The normalized spacial score (nSPS) is 28.0. The number of thioether (sulfide) groups is 1. The van der Waals surface area contributed by atoms with Crippen LogP contribution < -0.4 is 5.32 Å². The molecule has 2 heterocycles. The van der Waals surface area contributed by atoms with Crippen LogP contribution in [0.15, 0.2) is 15.9 Å². The Morgan fingerprint density at radius 2 is 2.50 bits per heavy atom. The largest absolute Gasteiger partial charge is 0.362 e. The van der Waals surface area contributed by atoms with Gasteiger partial charge in [0.05, 0.1) is 0 Å². The summed E-state index contributed by atoms with van der Waals surface area (Å²) in [6, 6.07) is 0.514. The van der Waals surface area contributed by atoms with Crippen molar-refractivity contribution in [1.29, 1.82) is 0 Å². The van der Waals surface area contributed by atoms with Crippen LogP contribution in [-0.4, -0.2) is 33.1 Å². The topological polar surface area (TPSA) is 63.3 Å². The van der Waals surface area contributed by atoms with E-state index in [1.165, 1.54) is 12.8 Å². The number of hydrogen-bond acceptors (Lipinski definition) is 5. The molecule has 2 atom stereocenters. The fourth-order valence-electron chi connectivity index (χ4n) is 1.68. The van der Waals surface area contributed by atoms with Gasteiger partial charge in [-0.2, -0.15) is 4.98 Å². The molecule has 0 spiro atoms. The lowest BCUT2D eigenvalue weighted by Crippen LogP contribution is -2.38. The maximum atomic E-state index is 4.66. The third kappa shape index (κ3) is 3.23. The van der Waals surface area contributed by atoms with Crippen molar-refractivity contribution in [3.05, 3.63) is 12.2 Å². The van der Waals surface area contributed by atoms with Gasteiger partial charge >= 0.3 is 0 Å². The Labute approximate surface area is 99.1 Å². The van der Waals surface area contributed by atoms with Crippen molar-refractivity contribution in [1.82, 2.24) is 15.5 Å². The lowest BCUT2D eigenvalue weighted by Gasteiger charge is -2.26. The fraction of sp³-hybridized carbons (Fsp3) is 0.700. The first-order valence-electron chi connectivity index (χ1n) is 5.47. The number of rotatable bonds is 3. The number of aliphatic imine (C=N–C) groups is 1. The zero-order valence-corrected chi connectivity index (χ0v) is 10.3. The van der Waals surface area contributed by atoms with Crippen LogP contribution in [-0.2, 0) is 6.42 Å². The molecule has 1 saturated heterocycles. The molecule has 2 rings (SSSR count). The maximum Gasteiger partial charge on any atom is 0.213 e. The molecule has 0 aromatic carbocycles. The Kier molecular flexibility index (Phi) is 3.82. The SMILES string of the molecule is CC1CC(C)SC(=NCCc2ncon2)N1. The second-order valence-electron chi connectivity index (χ2n) is 3.99. The Hall–Kier alpha value is -1.04. The smallest absolute Gasteiger partial charge is 0.213 e. The van der Waals surface area contributed by atoms with Gasteiger partial charge in [0, 0.05) is 24.3 Å². The Morgan fingerprint density at radius 1 is 1.62 bits per heavy atom. The van der Waals surface area contributed by atoms with Gasteiger partial charge in [0.1, 0.15) is 0 Å². The maximum absolute atomic E-state index is 4.66. The molecule has 1 fully saturated rings. The van der Waals surface area contributed by atoms with Crippen LogP contribution >= 0.6 is 11.8 Å². The van der Waals surface area contributed by atoms with Gasteiger partial charge in [-0.15, -0.1) is 0 Å². The van der Waals surface area contributed by atoms with Gasteiger partial charge in [-0.3, -0.25) is 4.99 Å². The van der Waals surface area contributed by atoms with E-state index >= 15 is 0 Å². The zero-order valence-electron chi connectivity index (χ0n) is 9.51. The number of hydrogen-bond donors (Lipinski definition) is 1. The van der Waals surface area contributed by atoms with Crippen molar-refractivity contribution < 1.29 is 4.52 Å². The summed E-state index contributed by atoms with van der Waals surface area (Å²) in [4.78, 5) is 8.46. The summed E-state index contributed by atoms with van der Waals surface area (Å²) in [5, 5.41) is 8.80. The first-order valence-corrected chi connectivity index (χ1v) is 6.35. The van der Waals surface area contributed by atoms with Crippen LogP contribution in [0.1, 0.15) is 26.1 Å². The van der Waals surface area contributed by atoms with Crippen LogP contribution in [0.2, 0.25) is 0 Å². The average Bonchev–Trinajstić information content (AvgIpc) is 2.69. The average molecular weight is 240 g/mol. The van der Waals surface area contributed by atoms with Gasteiger partial charge in [-0.05, 0) is 13.3 Å². The first kappa shape index (κ1) is 11.4. The fourth-order valence-corrected chi connectivity index (χ4v) is 2.88. The van der Waals surface area contributed by atoms with Crippen molar-refractivity contribution >= 4 is 16.9 Å². The van der Waals surface area contributed by atoms with Gasteiger partial charge in [-0.25, -0.2) is 0 Å². The van der Waals surface area contributed by atoms with E-state index in [-0.39, 0.29) is 0 Å². The van der Waals surface area contributed by atoms with Crippen LogP contribution in [0.25, 0.3) is 0 Å². The molecule has 1 N–H and O–H groups in total. The van der Waals surface area contributed by atoms with Crippen molar-refractivity contribution in [3.8, 4) is 0 Å². The van der Waals surface area contributed by atoms with Crippen molar-refractivity contribution in [2.24, 2.45) is 4.99 Å². The molecule has 6 heteroatoms. The first-order chi connectivity index (χ1) is 7.74. The molecule has 0 radical (unpaired) electrons. The van der Waals surface area contributed by atoms with Crippen molar-refractivity contribution in [3.63, 3.8) is 0 Å². The molecular weight excluding hydrogens is 224 g/mol. The predicted octanol–water partition coefficient (Wildman–Crippen LogP) is 1.47. The zero-order chi connectivity index (χ0) is 11.4. The summed E-state index contributed by atoms with van der Waals surface area (Å²) in [7, 11) is 0. The number of nitrogens with zero attached hydrogens (tertiary/aromatic N) is 3. The lowest BCUT2D eigenvalue weighted by molar-refractivity contribution is 0.410. The van der Waals surface area contributed by atoms with Gasteiger partial charge in [0.15, 0.2) is 11.0 Å². The van der Waals surface area contributed by atoms with E-state index in [0.717, 1.165) is 11.6 Å². The van der Waals surface area contributed by atoms with Crippen LogP contribution in [0.5, 0.6) is 0 Å². The molecule has 2 unspecified atom stereocenters. The van der Waals surface area contributed by atoms with E-state index in [1.54, 1.807) is 11.8 Å². The molecule has 1 aliphatic heterocycles. The van der Waals surface area contributed by atoms with Gasteiger partial charge in [-0.1, -0.05) is 23.8 Å². The Balaban J connectivity index is 1.82. The van der Waals surface area contributed by atoms with Crippen LogP contribution in [0.4, 0.5) is 0 Å². The minimum Gasteiger partial charge on any atom is -0.362 e. The summed E-state index contributed by atoms with van der Waals surface area (Å²) >= 11 is 1.80. The monoisotopic (exact) mass is 240 g/mol. The molecule has 1 aromatic rings. The molecule has 5 nitrogen and oxygen atoms in total. The molecule has 0 aliphatic carbocycles. The summed E-state index contributed by atoms with van der Waals surface area (Å²) in [6.07, 6.45) is 3.26. The quantitative estimate of drug-likeness (QED) is 0.867. The highest BCUT2D eigenvalue weighted by molar-refractivity contribution is 8.14. The van der Waals surface area contributed by atoms with Gasteiger partial charge in [0.2, 0.25) is 6.39 Å². The van der Waals surface area contributed by atoms with Crippen molar-refractivity contribution in [2.75, 3.05) is 6.54 Å². The highest BCUT2D eigenvalue weighted by Crippen LogP contribution is 2.22. The van der Waals surface area contributed by atoms with Crippen LogP contribution in [0, 0.1) is 0 Å². The molecule has 0 amide bonds. The predicted molar refractivity (Wildman–Crippen MR) is 64.6 cm³/mol. The van der Waals surface area contributed by atoms with E-state index < -0.39 is 0 Å². The molecule has 0 bridgehead atoms. The summed E-state index contributed by atoms with van der Waals surface area (Å²) in [5.41, 5.74) is 0. The van der Waals surface area contributed by atoms with E-state index in [4.69, 9.17) is 0 Å². The third-order valence-corrected chi connectivity index (χ3v) is 3.43. The standard InChI is InChI=1S/C10H16N4OS/c1-7-5-8(2)16-10(13-7)11-4-3-9-12-6-15-14-9/h6-8H,3-5H2,1-2H3,(H,11,13). The summed E-state index contributed by atoms with van der Waals surface area (Å²) in [6.45, 7) is 5.12. The second kappa shape index (κ2) is 5.34. The molecule has 1 aromatic heterocycles. The van der Waals surface area contributed by atoms with E-state index in [0.29, 0.717) is 23.7 Å². The number of nitrogens with one attached hydrogen (secondary N) is 1.